The van der Waals surface area contributed by atoms with Gasteiger partial charge in [-0.25, -0.2) is 4.79 Å². The van der Waals surface area contributed by atoms with Gasteiger partial charge in [-0.3, -0.25) is 4.98 Å². The van der Waals surface area contributed by atoms with Gasteiger partial charge in [0.1, 0.15) is 0 Å². The molecule has 0 radical (unpaired) electrons. The number of carbonyl (C=O) groups is 1. The zero-order chi connectivity index (χ0) is 18.2. The first-order valence-corrected chi connectivity index (χ1v) is 8.24. The predicted molar refractivity (Wildman–Crippen MR) is 96.7 cm³/mol. The van der Waals surface area contributed by atoms with Crippen molar-refractivity contribution < 1.29 is 18.8 Å². The maximum Gasteiger partial charge on any atom is 0.494 e. The van der Waals surface area contributed by atoms with Crippen LogP contribution in [0.2, 0.25) is 0 Å². The van der Waals surface area contributed by atoms with Crippen molar-refractivity contribution in [1.29, 1.82) is 0 Å². The molecule has 5 nitrogen and oxygen atoms in total. The van der Waals surface area contributed by atoms with Gasteiger partial charge in [-0.15, -0.1) is 0 Å². The summed E-state index contributed by atoms with van der Waals surface area (Å²) >= 11 is 0. The molecule has 1 aliphatic rings. The van der Waals surface area contributed by atoms with Gasteiger partial charge in [-0.2, -0.15) is 0 Å². The molecule has 1 fully saturated rings. The molecule has 6 heteroatoms. The van der Waals surface area contributed by atoms with Crippen LogP contribution in [-0.4, -0.2) is 36.4 Å². The van der Waals surface area contributed by atoms with Gasteiger partial charge in [0.05, 0.1) is 29.6 Å². The first kappa shape index (κ1) is 17.6. The van der Waals surface area contributed by atoms with Crippen molar-refractivity contribution in [2.24, 2.45) is 0 Å². The lowest BCUT2D eigenvalue weighted by Crippen LogP contribution is -2.41. The predicted octanol–water partition coefficient (Wildman–Crippen LogP) is 2.83. The van der Waals surface area contributed by atoms with Crippen molar-refractivity contribution in [2.45, 2.75) is 38.9 Å². The second-order valence-electron chi connectivity index (χ2n) is 7.14. The van der Waals surface area contributed by atoms with Crippen molar-refractivity contribution >= 4 is 18.6 Å². The minimum absolute atomic E-state index is 0.381. The summed E-state index contributed by atoms with van der Waals surface area (Å²) in [4.78, 5) is 15.9. The van der Waals surface area contributed by atoms with Crippen molar-refractivity contribution in [1.82, 2.24) is 4.98 Å². The number of benzene rings is 1. The molecule has 1 saturated heterocycles. The van der Waals surface area contributed by atoms with E-state index in [2.05, 4.69) is 4.98 Å². The van der Waals surface area contributed by atoms with E-state index in [1.165, 1.54) is 13.3 Å². The van der Waals surface area contributed by atoms with Crippen LogP contribution >= 0.6 is 0 Å². The Bertz CT molecular complexity index is 770. The van der Waals surface area contributed by atoms with Gasteiger partial charge in [0.2, 0.25) is 0 Å². The highest BCUT2D eigenvalue weighted by atomic mass is 16.7. The van der Waals surface area contributed by atoms with Crippen molar-refractivity contribution in [2.75, 3.05) is 7.11 Å². The number of esters is 1. The third-order valence-electron chi connectivity index (χ3n) is 4.89. The fourth-order valence-corrected chi connectivity index (χ4v) is 2.63. The standard InChI is InChI=1S/C19H22BNO4/c1-18(2)19(3,4)25-20(24-18)15-8-6-7-13(11-15)16-10-9-14(12-21-16)17(22)23-5/h6-12H,1-5H3. The molecule has 1 aromatic carbocycles. The van der Waals surface area contributed by atoms with Crippen LogP contribution in [0.25, 0.3) is 11.3 Å². The van der Waals surface area contributed by atoms with E-state index in [1.54, 1.807) is 12.1 Å². The average Bonchev–Trinajstić information content (AvgIpc) is 2.82. The van der Waals surface area contributed by atoms with Gasteiger partial charge in [0, 0.05) is 6.20 Å². The molecule has 2 heterocycles. The average molecular weight is 339 g/mol. The molecule has 25 heavy (non-hydrogen) atoms. The van der Waals surface area contributed by atoms with E-state index < -0.39 is 13.1 Å². The second-order valence-corrected chi connectivity index (χ2v) is 7.14. The Morgan fingerprint density at radius 2 is 1.76 bits per heavy atom. The molecular weight excluding hydrogens is 317 g/mol. The summed E-state index contributed by atoms with van der Waals surface area (Å²) in [6.45, 7) is 8.13. The Hall–Kier alpha value is -2.18. The van der Waals surface area contributed by atoms with E-state index >= 15 is 0 Å². The molecule has 0 saturated carbocycles. The van der Waals surface area contributed by atoms with Gasteiger partial charge in [0.25, 0.3) is 0 Å². The Morgan fingerprint density at radius 1 is 1.08 bits per heavy atom. The summed E-state index contributed by atoms with van der Waals surface area (Å²) in [6.07, 6.45) is 1.52. The molecule has 0 unspecified atom stereocenters. The summed E-state index contributed by atoms with van der Waals surface area (Å²) < 4.78 is 16.9. The number of methoxy groups -OCH3 is 1. The van der Waals surface area contributed by atoms with Crippen LogP contribution < -0.4 is 5.46 Å². The zero-order valence-corrected chi connectivity index (χ0v) is 15.2. The Balaban J connectivity index is 1.86. The third kappa shape index (κ3) is 3.32. The Labute approximate surface area is 148 Å². The highest BCUT2D eigenvalue weighted by molar-refractivity contribution is 6.62. The summed E-state index contributed by atoms with van der Waals surface area (Å²) in [5.41, 5.74) is 2.31. The number of hydrogen-bond donors (Lipinski definition) is 0. The Kier molecular flexibility index (Phi) is 4.43. The molecule has 130 valence electrons. The monoisotopic (exact) mass is 339 g/mol. The number of aromatic nitrogens is 1. The van der Waals surface area contributed by atoms with Crippen LogP contribution in [0.4, 0.5) is 0 Å². The third-order valence-corrected chi connectivity index (χ3v) is 4.89. The van der Waals surface area contributed by atoms with Gasteiger partial charge in [0.15, 0.2) is 0 Å². The van der Waals surface area contributed by atoms with Crippen LogP contribution in [0.5, 0.6) is 0 Å². The summed E-state index contributed by atoms with van der Waals surface area (Å²) in [7, 11) is 0.934. The molecule has 1 aliphatic heterocycles. The molecular formula is C19H22BNO4. The molecule has 0 atom stereocenters. The van der Waals surface area contributed by atoms with E-state index in [1.807, 2.05) is 52.0 Å². The number of pyridine rings is 1. The van der Waals surface area contributed by atoms with Crippen molar-refractivity contribution in [3.8, 4) is 11.3 Å². The number of nitrogens with zero attached hydrogens (tertiary/aromatic N) is 1. The largest absolute Gasteiger partial charge is 0.494 e. The van der Waals surface area contributed by atoms with Crippen molar-refractivity contribution in [3.63, 3.8) is 0 Å². The van der Waals surface area contributed by atoms with E-state index in [9.17, 15) is 4.79 Å². The van der Waals surface area contributed by atoms with Crippen LogP contribution in [0.15, 0.2) is 42.6 Å². The fraction of sp³-hybridized carbons (Fsp3) is 0.368. The minimum atomic E-state index is -0.417. The molecule has 0 spiro atoms. The Morgan fingerprint density at radius 3 is 2.32 bits per heavy atom. The summed E-state index contributed by atoms with van der Waals surface area (Å²) in [5, 5.41) is 0. The molecule has 1 aromatic heterocycles. The lowest BCUT2D eigenvalue weighted by Gasteiger charge is -2.32. The molecule has 2 aromatic rings. The fourth-order valence-electron chi connectivity index (χ4n) is 2.63. The van der Waals surface area contributed by atoms with E-state index in [-0.39, 0.29) is 11.2 Å². The van der Waals surface area contributed by atoms with E-state index in [0.29, 0.717) is 5.56 Å². The van der Waals surface area contributed by atoms with Gasteiger partial charge in [-0.05, 0) is 50.9 Å². The highest BCUT2D eigenvalue weighted by Crippen LogP contribution is 2.36. The van der Waals surface area contributed by atoms with E-state index in [4.69, 9.17) is 14.0 Å². The number of carbonyl (C=O) groups excluding carboxylic acids is 1. The molecule has 0 amide bonds. The van der Waals surface area contributed by atoms with Crippen molar-refractivity contribution in [3.05, 3.63) is 48.2 Å². The lowest BCUT2D eigenvalue weighted by atomic mass is 9.78. The van der Waals surface area contributed by atoms with Crippen LogP contribution in [0, 0.1) is 0 Å². The lowest BCUT2D eigenvalue weighted by molar-refractivity contribution is 0.00578. The summed E-state index contributed by atoms with van der Waals surface area (Å²) in [5.74, 6) is -0.398. The molecule has 0 aliphatic carbocycles. The van der Waals surface area contributed by atoms with Gasteiger partial charge in [-0.1, -0.05) is 24.3 Å². The zero-order valence-electron chi connectivity index (χ0n) is 15.2. The number of ether oxygens (including phenoxy) is 1. The number of hydrogen-bond acceptors (Lipinski definition) is 5. The quantitative estimate of drug-likeness (QED) is 0.636. The van der Waals surface area contributed by atoms with Crippen LogP contribution in [0.1, 0.15) is 38.1 Å². The van der Waals surface area contributed by atoms with Crippen LogP contribution in [0.3, 0.4) is 0 Å². The second kappa shape index (κ2) is 6.28. The SMILES string of the molecule is COC(=O)c1ccc(-c2cccc(B3OC(C)(C)C(C)(C)O3)c2)nc1. The van der Waals surface area contributed by atoms with Gasteiger partial charge < -0.3 is 14.0 Å². The van der Waals surface area contributed by atoms with Crippen LogP contribution in [-0.2, 0) is 14.0 Å². The smallest absolute Gasteiger partial charge is 0.465 e. The first-order valence-electron chi connectivity index (χ1n) is 8.24. The summed E-state index contributed by atoms with van der Waals surface area (Å²) in [6, 6.07) is 11.4. The van der Waals surface area contributed by atoms with Gasteiger partial charge >= 0.3 is 13.1 Å². The maximum absolute atomic E-state index is 11.5. The normalized spacial score (nSPS) is 18.2. The maximum atomic E-state index is 11.5. The first-order chi connectivity index (χ1) is 11.7. The number of rotatable bonds is 3. The minimum Gasteiger partial charge on any atom is -0.465 e. The molecule has 3 rings (SSSR count). The molecule has 0 N–H and O–H groups in total. The highest BCUT2D eigenvalue weighted by Gasteiger charge is 2.51. The molecule has 0 bridgehead atoms. The topological polar surface area (TPSA) is 57.7 Å². The van der Waals surface area contributed by atoms with E-state index in [0.717, 1.165) is 16.7 Å².